The zero-order valence-corrected chi connectivity index (χ0v) is 19.3. The lowest BCUT2D eigenvalue weighted by Crippen LogP contribution is -2.34. The summed E-state index contributed by atoms with van der Waals surface area (Å²) >= 11 is 14.3. The first-order valence-electron chi connectivity index (χ1n) is 9.73. The van der Waals surface area contributed by atoms with Crippen LogP contribution < -0.4 is 4.74 Å². The monoisotopic (exact) mass is 474 g/mol. The maximum atomic E-state index is 12.7. The summed E-state index contributed by atoms with van der Waals surface area (Å²) in [5, 5.41) is 3.84. The average Bonchev–Trinajstić information content (AvgIpc) is 3.21. The van der Waals surface area contributed by atoms with Gasteiger partial charge < -0.3 is 14.4 Å². The van der Waals surface area contributed by atoms with Gasteiger partial charge in [0, 0.05) is 16.8 Å². The molecule has 0 unspecified atom stereocenters. The Labute approximate surface area is 195 Å². The van der Waals surface area contributed by atoms with Gasteiger partial charge in [-0.2, -0.15) is 0 Å². The Hall–Kier alpha value is -2.41. The predicted molar refractivity (Wildman–Crippen MR) is 125 cm³/mol. The van der Waals surface area contributed by atoms with Crippen LogP contribution in [0.25, 0.3) is 0 Å². The Morgan fingerprint density at radius 1 is 1.19 bits per heavy atom. The fourth-order valence-corrected chi connectivity index (χ4v) is 4.70. The first-order valence-corrected chi connectivity index (χ1v) is 11.4. The largest absolute Gasteiger partial charge is 0.487 e. The molecule has 2 aliphatic heterocycles. The number of hydrogen-bond acceptors (Lipinski definition) is 6. The molecule has 31 heavy (non-hydrogen) atoms. The number of carbonyl (C=O) groups is 1. The number of fused-ring (bicyclic) bond motifs is 1. The van der Waals surface area contributed by atoms with E-state index in [4.69, 9.17) is 32.7 Å². The van der Waals surface area contributed by atoms with Gasteiger partial charge in [-0.15, -0.1) is 0 Å². The summed E-state index contributed by atoms with van der Waals surface area (Å²) in [5.41, 5.74) is 2.86. The Bertz CT molecular complexity index is 1110. The average molecular weight is 475 g/mol. The number of aliphatic imine (C=N–C) groups is 1. The minimum absolute atomic E-state index is 0.291. The number of ether oxygens (including phenoxy) is 2. The standard InChI is InChI=1S/C23H20Cl2N2O3S/c1-3-29-22(28)20-14(2)26-23-27(10-11-31-23)21(20)15-8-9-19(18(25)12-15)30-13-16-6-4-5-7-17(16)24/h4-12,21H,3,13H2,1-2H3/t21-/m1/s1. The van der Waals surface area contributed by atoms with E-state index in [9.17, 15) is 4.79 Å². The molecule has 0 aliphatic carbocycles. The fraction of sp³-hybridized carbons (Fsp3) is 0.217. The van der Waals surface area contributed by atoms with Crippen LogP contribution in [0.2, 0.25) is 10.0 Å². The maximum absolute atomic E-state index is 12.7. The molecular weight excluding hydrogens is 455 g/mol. The summed E-state index contributed by atoms with van der Waals surface area (Å²) in [4.78, 5) is 19.3. The first-order chi connectivity index (χ1) is 15.0. The lowest BCUT2D eigenvalue weighted by atomic mass is 9.94. The number of benzene rings is 2. The number of carbonyl (C=O) groups excluding carboxylic acids is 1. The number of rotatable bonds is 6. The highest BCUT2D eigenvalue weighted by atomic mass is 35.5. The number of nitrogens with zero attached hydrogens (tertiary/aromatic N) is 2. The third kappa shape index (κ3) is 4.47. The second kappa shape index (κ2) is 9.39. The highest BCUT2D eigenvalue weighted by Crippen LogP contribution is 2.42. The van der Waals surface area contributed by atoms with Crippen LogP contribution in [-0.4, -0.2) is 22.6 Å². The third-order valence-corrected chi connectivity index (χ3v) is 6.36. The molecule has 160 valence electrons. The van der Waals surface area contributed by atoms with Crippen molar-refractivity contribution in [2.24, 2.45) is 4.99 Å². The molecule has 0 saturated carbocycles. The number of thioether (sulfide) groups is 1. The Morgan fingerprint density at radius 2 is 2.00 bits per heavy atom. The minimum Gasteiger partial charge on any atom is -0.487 e. The van der Waals surface area contributed by atoms with Crippen LogP contribution in [0.3, 0.4) is 0 Å². The number of amidine groups is 1. The van der Waals surface area contributed by atoms with E-state index in [1.54, 1.807) is 6.92 Å². The molecule has 2 aliphatic rings. The van der Waals surface area contributed by atoms with Crippen molar-refractivity contribution in [1.82, 2.24) is 4.90 Å². The molecule has 0 fully saturated rings. The molecule has 0 radical (unpaired) electrons. The fourth-order valence-electron chi connectivity index (χ4n) is 3.47. The van der Waals surface area contributed by atoms with Crippen LogP contribution in [0.5, 0.6) is 5.75 Å². The zero-order chi connectivity index (χ0) is 22.0. The SMILES string of the molecule is CCOC(=O)C1=C(C)N=C2SC=CN2[C@@H]1c1ccc(OCc2ccccc2Cl)c(Cl)c1. The van der Waals surface area contributed by atoms with Gasteiger partial charge in [0.1, 0.15) is 12.4 Å². The number of allylic oxidation sites excluding steroid dienone is 1. The van der Waals surface area contributed by atoms with E-state index in [1.165, 1.54) is 11.8 Å². The molecule has 0 saturated heterocycles. The molecule has 5 nitrogen and oxygen atoms in total. The summed E-state index contributed by atoms with van der Waals surface area (Å²) in [6.07, 6.45) is 1.91. The van der Waals surface area contributed by atoms with Crippen molar-refractivity contribution in [3.63, 3.8) is 0 Å². The number of halogens is 2. The topological polar surface area (TPSA) is 51.1 Å². The Balaban J connectivity index is 1.63. The van der Waals surface area contributed by atoms with E-state index in [0.29, 0.717) is 40.3 Å². The third-order valence-electron chi connectivity index (χ3n) is 4.93. The van der Waals surface area contributed by atoms with Crippen LogP contribution in [0.4, 0.5) is 0 Å². The van der Waals surface area contributed by atoms with Crippen molar-refractivity contribution in [2.45, 2.75) is 26.5 Å². The Kier molecular flexibility index (Phi) is 6.60. The number of esters is 1. The van der Waals surface area contributed by atoms with Gasteiger partial charge in [-0.1, -0.05) is 59.2 Å². The van der Waals surface area contributed by atoms with E-state index in [1.807, 2.05) is 65.9 Å². The zero-order valence-electron chi connectivity index (χ0n) is 17.0. The molecule has 2 aromatic carbocycles. The summed E-state index contributed by atoms with van der Waals surface area (Å²) < 4.78 is 11.2. The molecule has 2 aromatic rings. The molecular formula is C23H20Cl2N2O3S. The van der Waals surface area contributed by atoms with E-state index in [-0.39, 0.29) is 12.0 Å². The lowest BCUT2D eigenvalue weighted by molar-refractivity contribution is -0.139. The molecule has 0 spiro atoms. The molecule has 0 aromatic heterocycles. The highest BCUT2D eigenvalue weighted by molar-refractivity contribution is 8.16. The van der Waals surface area contributed by atoms with Gasteiger partial charge in [0.05, 0.1) is 28.9 Å². The van der Waals surface area contributed by atoms with E-state index in [2.05, 4.69) is 4.99 Å². The summed E-state index contributed by atoms with van der Waals surface area (Å²) in [7, 11) is 0. The summed E-state index contributed by atoms with van der Waals surface area (Å²) in [6.45, 7) is 4.20. The molecule has 0 N–H and O–H groups in total. The van der Waals surface area contributed by atoms with Crippen LogP contribution in [0.1, 0.15) is 31.0 Å². The van der Waals surface area contributed by atoms with E-state index < -0.39 is 0 Å². The van der Waals surface area contributed by atoms with Crippen LogP contribution in [0.15, 0.2) is 70.3 Å². The highest BCUT2D eigenvalue weighted by Gasteiger charge is 2.37. The molecule has 8 heteroatoms. The lowest BCUT2D eigenvalue weighted by Gasteiger charge is -2.33. The predicted octanol–water partition coefficient (Wildman–Crippen LogP) is 6.34. The van der Waals surface area contributed by atoms with E-state index in [0.717, 1.165) is 16.3 Å². The minimum atomic E-state index is -0.382. The van der Waals surface area contributed by atoms with Gasteiger partial charge in [-0.3, -0.25) is 0 Å². The van der Waals surface area contributed by atoms with Crippen molar-refractivity contribution < 1.29 is 14.3 Å². The molecule has 4 rings (SSSR count). The van der Waals surface area contributed by atoms with Crippen molar-refractivity contribution in [3.05, 3.63) is 86.5 Å². The normalized spacial score (nSPS) is 17.5. The van der Waals surface area contributed by atoms with Crippen molar-refractivity contribution in [1.29, 1.82) is 0 Å². The molecule has 1 atom stereocenters. The van der Waals surface area contributed by atoms with Gasteiger partial charge in [-0.25, -0.2) is 9.79 Å². The van der Waals surface area contributed by atoms with Gasteiger partial charge in [0.15, 0.2) is 5.17 Å². The van der Waals surface area contributed by atoms with Crippen molar-refractivity contribution >= 4 is 46.1 Å². The number of hydrogen-bond donors (Lipinski definition) is 0. The van der Waals surface area contributed by atoms with Crippen molar-refractivity contribution in [3.8, 4) is 5.75 Å². The van der Waals surface area contributed by atoms with Gasteiger partial charge >= 0.3 is 5.97 Å². The van der Waals surface area contributed by atoms with Crippen LogP contribution >= 0.6 is 35.0 Å². The maximum Gasteiger partial charge on any atom is 0.338 e. The Morgan fingerprint density at radius 3 is 2.74 bits per heavy atom. The van der Waals surface area contributed by atoms with Gasteiger partial charge in [0.2, 0.25) is 0 Å². The van der Waals surface area contributed by atoms with E-state index >= 15 is 0 Å². The smallest absolute Gasteiger partial charge is 0.338 e. The quantitative estimate of drug-likeness (QED) is 0.457. The molecule has 2 heterocycles. The molecule has 0 bridgehead atoms. The second-order valence-electron chi connectivity index (χ2n) is 6.90. The first kappa shape index (κ1) is 21.8. The second-order valence-corrected chi connectivity index (χ2v) is 8.58. The molecule has 0 amide bonds. The van der Waals surface area contributed by atoms with Gasteiger partial charge in [-0.05, 0) is 43.0 Å². The van der Waals surface area contributed by atoms with Crippen LogP contribution in [-0.2, 0) is 16.1 Å². The van der Waals surface area contributed by atoms with Gasteiger partial charge in [0.25, 0.3) is 0 Å². The summed E-state index contributed by atoms with van der Waals surface area (Å²) in [5.74, 6) is 0.160. The van der Waals surface area contributed by atoms with Crippen LogP contribution in [0, 0.1) is 0 Å². The van der Waals surface area contributed by atoms with Crippen molar-refractivity contribution in [2.75, 3.05) is 6.61 Å². The summed E-state index contributed by atoms with van der Waals surface area (Å²) in [6, 6.07) is 12.7.